The molecule has 3 fully saturated rings. The zero-order valence-electron chi connectivity index (χ0n) is 25.1. The van der Waals surface area contributed by atoms with Crippen LogP contribution in [-0.4, -0.2) is 34.2 Å². The van der Waals surface area contributed by atoms with E-state index in [1.54, 1.807) is 17.0 Å². The maximum Gasteiger partial charge on any atom is 0.255 e. The molecular weight excluding hydrogens is 542 g/mol. The molecule has 2 saturated carbocycles. The zero-order valence-corrected chi connectivity index (χ0v) is 25.1. The highest BCUT2D eigenvalue weighted by Crippen LogP contribution is 2.47. The van der Waals surface area contributed by atoms with Crippen molar-refractivity contribution in [2.45, 2.75) is 96.5 Å². The molecule has 226 valence electrons. The summed E-state index contributed by atoms with van der Waals surface area (Å²) in [6.45, 7) is 6.12. The van der Waals surface area contributed by atoms with E-state index in [4.69, 9.17) is 9.15 Å². The molecule has 1 aromatic heterocycles. The highest BCUT2D eigenvalue weighted by Gasteiger charge is 2.42. The zero-order chi connectivity index (χ0) is 29.7. The van der Waals surface area contributed by atoms with Crippen molar-refractivity contribution in [3.05, 3.63) is 64.9 Å². The van der Waals surface area contributed by atoms with Crippen molar-refractivity contribution in [2.75, 3.05) is 0 Å². The molecule has 0 spiro atoms. The average molecular weight is 584 g/mol. The van der Waals surface area contributed by atoms with Crippen molar-refractivity contribution in [3.63, 3.8) is 0 Å². The molecule has 8 heteroatoms. The molecule has 2 bridgehead atoms. The maximum atomic E-state index is 13.1. The Morgan fingerprint density at radius 1 is 1.07 bits per heavy atom. The van der Waals surface area contributed by atoms with Crippen LogP contribution < -0.4 is 15.4 Å². The number of carbonyl (C=O) groups is 3. The number of hydrogen-bond acceptors (Lipinski definition) is 6. The molecule has 2 N–H and O–H groups in total. The number of amides is 3. The summed E-state index contributed by atoms with van der Waals surface area (Å²) in [6, 6.07) is 13.2. The summed E-state index contributed by atoms with van der Waals surface area (Å²) in [5, 5.41) is 7.40. The number of carbonyl (C=O) groups excluding carboxylic acids is 3. The Morgan fingerprint density at radius 3 is 2.65 bits per heavy atom. The van der Waals surface area contributed by atoms with Crippen LogP contribution in [0.1, 0.15) is 92.5 Å². The lowest BCUT2D eigenvalue weighted by Gasteiger charge is -2.49. The monoisotopic (exact) mass is 583 g/mol. The summed E-state index contributed by atoms with van der Waals surface area (Å²) in [4.78, 5) is 38.7. The number of rotatable bonds is 8. The first-order chi connectivity index (χ1) is 20.8. The average Bonchev–Trinajstić information content (AvgIpc) is 3.55. The Hall–Kier alpha value is -3.65. The smallest absolute Gasteiger partial charge is 0.255 e. The van der Waals surface area contributed by atoms with Gasteiger partial charge in [0.25, 0.3) is 5.91 Å². The van der Waals surface area contributed by atoms with E-state index in [2.05, 4.69) is 36.6 Å². The van der Waals surface area contributed by atoms with Gasteiger partial charge in [0, 0.05) is 35.0 Å². The molecule has 2 aliphatic heterocycles. The van der Waals surface area contributed by atoms with Crippen LogP contribution >= 0.6 is 0 Å². The third-order valence-electron chi connectivity index (χ3n) is 10.4. The molecule has 3 aromatic rings. The van der Waals surface area contributed by atoms with Crippen molar-refractivity contribution >= 4 is 28.7 Å². The van der Waals surface area contributed by atoms with Crippen LogP contribution in [0.5, 0.6) is 5.75 Å². The van der Waals surface area contributed by atoms with Gasteiger partial charge in [0.05, 0.1) is 6.54 Å². The number of nitrogens with zero attached hydrogens (tertiary/aromatic N) is 1. The quantitative estimate of drug-likeness (QED) is 0.323. The number of nitrogens with one attached hydrogen (secondary N) is 2. The van der Waals surface area contributed by atoms with Crippen molar-refractivity contribution in [1.82, 2.24) is 15.5 Å². The van der Waals surface area contributed by atoms with Crippen LogP contribution in [0.25, 0.3) is 11.0 Å². The van der Waals surface area contributed by atoms with E-state index < -0.39 is 11.9 Å². The molecule has 0 radical (unpaired) electrons. The predicted octanol–water partition coefficient (Wildman–Crippen LogP) is 5.86. The second kappa shape index (κ2) is 11.1. The second-order valence-electron chi connectivity index (χ2n) is 13.5. The fourth-order valence-corrected chi connectivity index (χ4v) is 8.44. The molecule has 8 nitrogen and oxygen atoms in total. The molecule has 43 heavy (non-hydrogen) atoms. The molecule has 7 rings (SSSR count). The van der Waals surface area contributed by atoms with Crippen molar-refractivity contribution in [1.29, 1.82) is 0 Å². The van der Waals surface area contributed by atoms with Gasteiger partial charge in [-0.1, -0.05) is 26.0 Å². The van der Waals surface area contributed by atoms with Gasteiger partial charge in [0.15, 0.2) is 0 Å². The van der Waals surface area contributed by atoms with Gasteiger partial charge in [-0.25, -0.2) is 0 Å². The van der Waals surface area contributed by atoms with Gasteiger partial charge in [-0.2, -0.15) is 0 Å². The highest BCUT2D eigenvalue weighted by molar-refractivity contribution is 6.05. The van der Waals surface area contributed by atoms with E-state index in [0.717, 1.165) is 40.8 Å². The molecule has 3 unspecified atom stereocenters. The van der Waals surface area contributed by atoms with Crippen LogP contribution in [0.15, 0.2) is 46.9 Å². The molecule has 3 atom stereocenters. The molecule has 4 aliphatic rings. The van der Waals surface area contributed by atoms with E-state index in [9.17, 15) is 14.4 Å². The Balaban J connectivity index is 1.01. The summed E-state index contributed by atoms with van der Waals surface area (Å²) in [6.07, 6.45) is 8.49. The lowest BCUT2D eigenvalue weighted by molar-refractivity contribution is -0.136. The number of fused-ring (bicyclic) bond motifs is 4. The van der Waals surface area contributed by atoms with E-state index >= 15 is 0 Å². The van der Waals surface area contributed by atoms with Crippen LogP contribution in [0, 0.1) is 17.8 Å². The summed E-state index contributed by atoms with van der Waals surface area (Å²) < 4.78 is 12.3. The molecule has 1 saturated heterocycles. The Kier molecular flexibility index (Phi) is 7.28. The third kappa shape index (κ3) is 5.46. The summed E-state index contributed by atoms with van der Waals surface area (Å²) in [7, 11) is 0. The van der Waals surface area contributed by atoms with Gasteiger partial charge in [-0.05, 0) is 98.6 Å². The van der Waals surface area contributed by atoms with E-state index in [1.165, 1.54) is 44.1 Å². The maximum absolute atomic E-state index is 13.1. The topological polar surface area (TPSA) is 101 Å². The lowest BCUT2D eigenvalue weighted by Crippen LogP contribution is -2.52. The summed E-state index contributed by atoms with van der Waals surface area (Å²) in [5.41, 5.74) is 3.61. The van der Waals surface area contributed by atoms with Gasteiger partial charge < -0.3 is 19.4 Å². The second-order valence-corrected chi connectivity index (χ2v) is 13.5. The first-order valence-electron chi connectivity index (χ1n) is 15.9. The SMILES string of the molecule is CCC1(NCc2ccc3oc(COc4cccc5c4CN(C4CCC(=O)NC4=O)C5=O)cc3c2)CC2CC(C)CC(C2)C1. The lowest BCUT2D eigenvalue weighted by atomic mass is 9.61. The van der Waals surface area contributed by atoms with Gasteiger partial charge in [0.2, 0.25) is 11.8 Å². The Bertz CT molecular complexity index is 1560. The molecule has 2 aromatic carbocycles. The fraction of sp³-hybridized carbons (Fsp3) is 0.514. The van der Waals surface area contributed by atoms with Crippen LogP contribution in [0.3, 0.4) is 0 Å². The van der Waals surface area contributed by atoms with Gasteiger partial charge in [0.1, 0.15) is 29.7 Å². The molecule has 2 aliphatic carbocycles. The number of piperidine rings is 1. The van der Waals surface area contributed by atoms with Gasteiger partial charge >= 0.3 is 0 Å². The largest absolute Gasteiger partial charge is 0.485 e. The summed E-state index contributed by atoms with van der Waals surface area (Å²) in [5.74, 6) is 2.98. The van der Waals surface area contributed by atoms with Crippen LogP contribution in [-0.2, 0) is 29.3 Å². The van der Waals surface area contributed by atoms with E-state index in [1.807, 2.05) is 18.2 Å². The van der Waals surface area contributed by atoms with Gasteiger partial charge in [-0.15, -0.1) is 0 Å². The molecule has 3 heterocycles. The van der Waals surface area contributed by atoms with E-state index in [0.29, 0.717) is 23.5 Å². The van der Waals surface area contributed by atoms with Crippen LogP contribution in [0.2, 0.25) is 0 Å². The number of hydrogen-bond donors (Lipinski definition) is 2. The van der Waals surface area contributed by atoms with E-state index in [-0.39, 0.29) is 36.9 Å². The minimum Gasteiger partial charge on any atom is -0.485 e. The molecular formula is C35H41N3O5. The number of ether oxygens (including phenoxy) is 1. The first-order valence-corrected chi connectivity index (χ1v) is 15.9. The normalized spacial score (nSPS) is 28.7. The van der Waals surface area contributed by atoms with Crippen molar-refractivity contribution < 1.29 is 23.5 Å². The first kappa shape index (κ1) is 28.1. The summed E-state index contributed by atoms with van der Waals surface area (Å²) >= 11 is 0. The van der Waals surface area contributed by atoms with Gasteiger partial charge in [-0.3, -0.25) is 19.7 Å². The highest BCUT2D eigenvalue weighted by atomic mass is 16.5. The minimum absolute atomic E-state index is 0.212. The fourth-order valence-electron chi connectivity index (χ4n) is 8.44. The van der Waals surface area contributed by atoms with Crippen LogP contribution in [0.4, 0.5) is 0 Å². The third-order valence-corrected chi connectivity index (χ3v) is 10.4. The minimum atomic E-state index is -0.654. The standard InChI is InChI=1S/C35H41N3O5/c1-3-35(16-23-11-21(2)12-24(13-23)17-35)36-18-22-7-9-30-25(14-22)15-26(43-30)20-42-31-6-4-5-27-28(31)19-38(34(27)41)29-8-10-32(39)37-33(29)40/h4-7,9,14-15,21,23-24,29,36H,3,8,10-13,16-20H2,1-2H3,(H,37,39,40). The molecule has 3 amide bonds. The predicted molar refractivity (Wildman–Crippen MR) is 162 cm³/mol. The number of furan rings is 1. The van der Waals surface area contributed by atoms with Crippen molar-refractivity contribution in [2.24, 2.45) is 17.8 Å². The van der Waals surface area contributed by atoms with Crippen molar-refractivity contribution in [3.8, 4) is 5.75 Å². The Labute approximate surface area is 252 Å². The Morgan fingerprint density at radius 2 is 1.88 bits per heavy atom. The number of imide groups is 1. The number of benzene rings is 2.